The fourth-order valence-corrected chi connectivity index (χ4v) is 1.94. The minimum atomic E-state index is -0.675. The number of carbonyl (C=O) groups excluding carboxylic acids is 1. The van der Waals surface area contributed by atoms with Crippen molar-refractivity contribution in [1.29, 1.82) is 0 Å². The lowest BCUT2D eigenvalue weighted by Gasteiger charge is -2.14. The molecule has 0 radical (unpaired) electrons. The van der Waals surface area contributed by atoms with E-state index in [2.05, 4.69) is 5.32 Å². The standard InChI is InChI=1S/C12H14F2N2O2/c13-8-1-2-10(14)11(5-8)15-12(18)7-16-4-3-9(17)6-16/h1-2,5,9,17H,3-4,6-7H2,(H,15,18)/t9-/m0/s1. The number of amides is 1. The molecule has 1 heterocycles. The van der Waals surface area contributed by atoms with Crippen molar-refractivity contribution < 1.29 is 18.7 Å². The Morgan fingerprint density at radius 2 is 2.28 bits per heavy atom. The molecule has 2 N–H and O–H groups in total. The van der Waals surface area contributed by atoms with Crippen LogP contribution < -0.4 is 5.32 Å². The summed E-state index contributed by atoms with van der Waals surface area (Å²) in [6.07, 6.45) is 0.213. The summed E-state index contributed by atoms with van der Waals surface area (Å²) >= 11 is 0. The second kappa shape index (κ2) is 5.41. The molecule has 1 aliphatic heterocycles. The Labute approximate surface area is 103 Å². The van der Waals surface area contributed by atoms with Crippen molar-refractivity contribution in [2.75, 3.05) is 25.0 Å². The van der Waals surface area contributed by atoms with Crippen molar-refractivity contribution in [3.05, 3.63) is 29.8 Å². The molecule has 98 valence electrons. The highest BCUT2D eigenvalue weighted by molar-refractivity contribution is 5.92. The second-order valence-corrected chi connectivity index (χ2v) is 4.35. The van der Waals surface area contributed by atoms with Gasteiger partial charge in [-0.25, -0.2) is 8.78 Å². The van der Waals surface area contributed by atoms with Gasteiger partial charge in [0, 0.05) is 19.2 Å². The minimum Gasteiger partial charge on any atom is -0.392 e. The second-order valence-electron chi connectivity index (χ2n) is 4.35. The highest BCUT2D eigenvalue weighted by Crippen LogP contribution is 2.15. The lowest BCUT2D eigenvalue weighted by atomic mass is 10.3. The number of nitrogens with zero attached hydrogens (tertiary/aromatic N) is 1. The van der Waals surface area contributed by atoms with Crippen molar-refractivity contribution in [3.8, 4) is 0 Å². The molecule has 6 heteroatoms. The van der Waals surface area contributed by atoms with Gasteiger partial charge in [-0.1, -0.05) is 0 Å². The van der Waals surface area contributed by atoms with Crippen LogP contribution in [0.15, 0.2) is 18.2 Å². The fourth-order valence-electron chi connectivity index (χ4n) is 1.94. The SMILES string of the molecule is O=C(CN1CC[C@H](O)C1)Nc1cc(F)ccc1F. The highest BCUT2D eigenvalue weighted by Gasteiger charge is 2.22. The summed E-state index contributed by atoms with van der Waals surface area (Å²) in [6.45, 7) is 1.12. The third-order valence-corrected chi connectivity index (χ3v) is 2.82. The van der Waals surface area contributed by atoms with Crippen LogP contribution in [0, 0.1) is 11.6 Å². The molecule has 1 aliphatic rings. The van der Waals surface area contributed by atoms with Crippen molar-refractivity contribution in [3.63, 3.8) is 0 Å². The number of aliphatic hydroxyl groups excluding tert-OH is 1. The molecule has 2 rings (SSSR count). The molecule has 1 aromatic carbocycles. The zero-order valence-corrected chi connectivity index (χ0v) is 9.70. The zero-order valence-electron chi connectivity index (χ0n) is 9.70. The maximum Gasteiger partial charge on any atom is 0.238 e. The smallest absolute Gasteiger partial charge is 0.238 e. The van der Waals surface area contributed by atoms with Crippen LogP contribution in [0.4, 0.5) is 14.5 Å². The molecule has 0 aliphatic carbocycles. The maximum absolute atomic E-state index is 13.3. The molecule has 0 saturated carbocycles. The molecule has 1 atom stereocenters. The first kappa shape index (κ1) is 12.9. The molecule has 1 aromatic rings. The summed E-state index contributed by atoms with van der Waals surface area (Å²) in [5, 5.41) is 11.6. The molecule has 1 fully saturated rings. The molecule has 0 aromatic heterocycles. The van der Waals surface area contributed by atoms with Gasteiger partial charge in [0.15, 0.2) is 0 Å². The molecular formula is C12H14F2N2O2. The molecule has 1 amide bonds. The van der Waals surface area contributed by atoms with Crippen molar-refractivity contribution >= 4 is 11.6 Å². The third kappa shape index (κ3) is 3.24. The highest BCUT2D eigenvalue weighted by atomic mass is 19.1. The Morgan fingerprint density at radius 3 is 2.94 bits per heavy atom. The van der Waals surface area contributed by atoms with Crippen LogP contribution in [-0.2, 0) is 4.79 Å². The number of nitrogens with one attached hydrogen (secondary N) is 1. The van der Waals surface area contributed by atoms with Gasteiger partial charge in [0.1, 0.15) is 11.6 Å². The summed E-state index contributed by atoms with van der Waals surface area (Å²) in [6, 6.07) is 2.89. The molecule has 18 heavy (non-hydrogen) atoms. The number of β-amino-alcohol motifs (C(OH)–C–C–N with tert-alkyl or cyclic N) is 1. The predicted octanol–water partition coefficient (Wildman–Crippen LogP) is 0.970. The third-order valence-electron chi connectivity index (χ3n) is 2.82. The molecule has 0 unspecified atom stereocenters. The maximum atomic E-state index is 13.3. The average Bonchev–Trinajstić information content (AvgIpc) is 2.69. The number of hydrogen-bond acceptors (Lipinski definition) is 3. The molecular weight excluding hydrogens is 242 g/mol. The first-order valence-electron chi connectivity index (χ1n) is 5.70. The fraction of sp³-hybridized carbons (Fsp3) is 0.417. The zero-order chi connectivity index (χ0) is 13.1. The molecule has 0 bridgehead atoms. The van der Waals surface area contributed by atoms with Gasteiger partial charge in [-0.3, -0.25) is 9.69 Å². The van der Waals surface area contributed by atoms with E-state index in [0.29, 0.717) is 19.5 Å². The predicted molar refractivity (Wildman–Crippen MR) is 62.1 cm³/mol. The van der Waals surface area contributed by atoms with Gasteiger partial charge in [0.05, 0.1) is 18.3 Å². The van der Waals surface area contributed by atoms with Crippen molar-refractivity contribution in [2.45, 2.75) is 12.5 Å². The number of aliphatic hydroxyl groups is 1. The topological polar surface area (TPSA) is 52.6 Å². The summed E-state index contributed by atoms with van der Waals surface area (Å²) in [5.41, 5.74) is -0.167. The average molecular weight is 256 g/mol. The van der Waals surface area contributed by atoms with Crippen LogP contribution in [0.2, 0.25) is 0 Å². The van der Waals surface area contributed by atoms with Crippen LogP contribution in [0.25, 0.3) is 0 Å². The summed E-state index contributed by atoms with van der Waals surface area (Å²) < 4.78 is 26.2. The Morgan fingerprint density at radius 1 is 1.50 bits per heavy atom. The first-order chi connectivity index (χ1) is 8.54. The Hall–Kier alpha value is -1.53. The number of likely N-dealkylation sites (tertiary alicyclic amines) is 1. The Balaban J connectivity index is 1.92. The van der Waals surface area contributed by atoms with E-state index >= 15 is 0 Å². The van der Waals surface area contributed by atoms with Crippen LogP contribution in [0.1, 0.15) is 6.42 Å². The Kier molecular flexibility index (Phi) is 3.88. The van der Waals surface area contributed by atoms with Gasteiger partial charge in [-0.05, 0) is 18.6 Å². The van der Waals surface area contributed by atoms with E-state index < -0.39 is 23.6 Å². The van der Waals surface area contributed by atoms with Gasteiger partial charge in [-0.15, -0.1) is 0 Å². The number of hydrogen-bond donors (Lipinski definition) is 2. The van der Waals surface area contributed by atoms with Crippen molar-refractivity contribution in [1.82, 2.24) is 4.90 Å². The normalized spacial score (nSPS) is 20.1. The molecule has 0 spiro atoms. The number of benzene rings is 1. The molecule has 1 saturated heterocycles. The van der Waals surface area contributed by atoms with E-state index in [1.807, 2.05) is 0 Å². The van der Waals surface area contributed by atoms with E-state index in [-0.39, 0.29) is 12.2 Å². The summed E-state index contributed by atoms with van der Waals surface area (Å²) in [4.78, 5) is 13.4. The van der Waals surface area contributed by atoms with Gasteiger partial charge >= 0.3 is 0 Å². The Bertz CT molecular complexity index is 454. The van der Waals surface area contributed by atoms with Gasteiger partial charge in [0.25, 0.3) is 0 Å². The van der Waals surface area contributed by atoms with E-state index in [4.69, 9.17) is 0 Å². The summed E-state index contributed by atoms with van der Waals surface area (Å²) in [7, 11) is 0. The van der Waals surface area contributed by atoms with Crippen LogP contribution in [0.5, 0.6) is 0 Å². The number of rotatable bonds is 3. The van der Waals surface area contributed by atoms with Gasteiger partial charge in [0.2, 0.25) is 5.91 Å². The largest absolute Gasteiger partial charge is 0.392 e. The van der Waals surface area contributed by atoms with Crippen LogP contribution in [0.3, 0.4) is 0 Å². The summed E-state index contributed by atoms with van der Waals surface area (Å²) in [5.74, 6) is -1.71. The van der Waals surface area contributed by atoms with Crippen molar-refractivity contribution in [2.24, 2.45) is 0 Å². The first-order valence-corrected chi connectivity index (χ1v) is 5.70. The number of carbonyl (C=O) groups is 1. The lowest BCUT2D eigenvalue weighted by molar-refractivity contribution is -0.117. The van der Waals surface area contributed by atoms with Crippen LogP contribution in [-0.4, -0.2) is 41.7 Å². The van der Waals surface area contributed by atoms with Gasteiger partial charge in [-0.2, -0.15) is 0 Å². The molecule has 4 nitrogen and oxygen atoms in total. The minimum absolute atomic E-state index is 0.0625. The lowest BCUT2D eigenvalue weighted by Crippen LogP contribution is -2.32. The number of halogens is 2. The number of anilines is 1. The van der Waals surface area contributed by atoms with E-state index in [1.54, 1.807) is 4.90 Å². The van der Waals surface area contributed by atoms with Crippen LogP contribution >= 0.6 is 0 Å². The quantitative estimate of drug-likeness (QED) is 0.847. The van der Waals surface area contributed by atoms with E-state index in [9.17, 15) is 18.7 Å². The monoisotopic (exact) mass is 256 g/mol. The van der Waals surface area contributed by atoms with E-state index in [1.165, 1.54) is 0 Å². The van der Waals surface area contributed by atoms with Gasteiger partial charge < -0.3 is 10.4 Å². The van der Waals surface area contributed by atoms with E-state index in [0.717, 1.165) is 18.2 Å².